The zero-order valence-electron chi connectivity index (χ0n) is 17.7. The van der Waals surface area contributed by atoms with Crippen LogP contribution in [-0.2, 0) is 4.79 Å². The van der Waals surface area contributed by atoms with Crippen LogP contribution in [0, 0.1) is 24.2 Å². The standard InChI is InChI=1S/C25H25N3O3/c1-16-6-3-4-8-20(16)23-14-27-24(29)22-12-19(9-10-21(22)23)31-17(2)25(30)28-11-5-7-18(13-26)15-28/h3-4,6,8-10,12,14,17-18H,5,7,11,15H2,1-2H3,(H,27,29)/t17-,18-/m1/s1. The number of nitrogens with one attached hydrogen (secondary N) is 1. The van der Waals surface area contributed by atoms with Crippen molar-refractivity contribution in [3.8, 4) is 22.9 Å². The monoisotopic (exact) mass is 415 g/mol. The summed E-state index contributed by atoms with van der Waals surface area (Å²) in [6.07, 6.45) is 2.69. The molecule has 0 radical (unpaired) electrons. The Labute approximate surface area is 181 Å². The van der Waals surface area contributed by atoms with Crippen LogP contribution in [0.1, 0.15) is 25.3 Å². The van der Waals surface area contributed by atoms with E-state index in [0.29, 0.717) is 24.2 Å². The normalized spacial score (nSPS) is 17.2. The van der Waals surface area contributed by atoms with Crippen LogP contribution in [0.5, 0.6) is 5.75 Å². The lowest BCUT2D eigenvalue weighted by Gasteiger charge is -2.31. The molecule has 0 unspecified atom stereocenters. The molecular formula is C25H25N3O3. The number of H-pyrrole nitrogens is 1. The summed E-state index contributed by atoms with van der Waals surface area (Å²) in [6, 6.07) is 15.6. The van der Waals surface area contributed by atoms with Gasteiger partial charge in [-0.05, 0) is 61.4 Å². The Morgan fingerprint density at radius 1 is 1.23 bits per heavy atom. The quantitative estimate of drug-likeness (QED) is 0.697. The number of amides is 1. The van der Waals surface area contributed by atoms with Crippen LogP contribution in [0.4, 0.5) is 0 Å². The maximum absolute atomic E-state index is 12.8. The molecule has 31 heavy (non-hydrogen) atoms. The molecule has 0 saturated carbocycles. The maximum atomic E-state index is 12.8. The third kappa shape index (κ3) is 4.17. The van der Waals surface area contributed by atoms with E-state index in [1.165, 1.54) is 0 Å². The molecule has 0 aliphatic carbocycles. The molecule has 3 aromatic rings. The number of nitriles is 1. The summed E-state index contributed by atoms with van der Waals surface area (Å²) in [5.41, 5.74) is 2.91. The Morgan fingerprint density at radius 2 is 2.03 bits per heavy atom. The molecule has 6 nitrogen and oxygen atoms in total. The summed E-state index contributed by atoms with van der Waals surface area (Å²) in [7, 11) is 0. The van der Waals surface area contributed by atoms with Gasteiger partial charge in [0.15, 0.2) is 6.10 Å². The average molecular weight is 415 g/mol. The molecule has 1 amide bonds. The van der Waals surface area contributed by atoms with Gasteiger partial charge in [0, 0.05) is 24.8 Å². The lowest BCUT2D eigenvalue weighted by Crippen LogP contribution is -2.45. The first kappa shape index (κ1) is 20.7. The number of piperidine rings is 1. The minimum Gasteiger partial charge on any atom is -0.481 e. The Bertz CT molecular complexity index is 1220. The lowest BCUT2D eigenvalue weighted by molar-refractivity contribution is -0.139. The van der Waals surface area contributed by atoms with Gasteiger partial charge in [0.05, 0.1) is 17.4 Å². The number of pyridine rings is 1. The predicted molar refractivity (Wildman–Crippen MR) is 120 cm³/mol. The Balaban J connectivity index is 1.60. The molecule has 2 aromatic carbocycles. The predicted octanol–water partition coefficient (Wildman–Crippen LogP) is 4.03. The van der Waals surface area contributed by atoms with Crippen LogP contribution in [0.15, 0.2) is 53.5 Å². The van der Waals surface area contributed by atoms with E-state index in [9.17, 15) is 9.59 Å². The van der Waals surface area contributed by atoms with Crippen molar-refractivity contribution in [2.75, 3.05) is 13.1 Å². The van der Waals surface area contributed by atoms with Gasteiger partial charge in [-0.25, -0.2) is 0 Å². The number of rotatable bonds is 4. The molecule has 1 N–H and O–H groups in total. The van der Waals surface area contributed by atoms with E-state index in [2.05, 4.69) is 11.1 Å². The Kier molecular flexibility index (Phi) is 5.77. The summed E-state index contributed by atoms with van der Waals surface area (Å²) in [5, 5.41) is 10.5. The van der Waals surface area contributed by atoms with Crippen LogP contribution in [0.3, 0.4) is 0 Å². The highest BCUT2D eigenvalue weighted by Crippen LogP contribution is 2.30. The number of carbonyl (C=O) groups excluding carboxylic acids is 1. The van der Waals surface area contributed by atoms with Crippen LogP contribution < -0.4 is 10.3 Å². The first-order valence-electron chi connectivity index (χ1n) is 10.5. The number of carbonyl (C=O) groups is 1. The molecule has 1 saturated heterocycles. The summed E-state index contributed by atoms with van der Waals surface area (Å²) in [6.45, 7) is 4.83. The van der Waals surface area contributed by atoms with Crippen LogP contribution >= 0.6 is 0 Å². The smallest absolute Gasteiger partial charge is 0.263 e. The van der Waals surface area contributed by atoms with Crippen molar-refractivity contribution >= 4 is 16.7 Å². The summed E-state index contributed by atoms with van der Waals surface area (Å²) in [5.74, 6) is 0.209. The van der Waals surface area contributed by atoms with Gasteiger partial charge in [-0.3, -0.25) is 9.59 Å². The van der Waals surface area contributed by atoms with Gasteiger partial charge in [0.2, 0.25) is 0 Å². The molecule has 0 bridgehead atoms. The molecule has 1 fully saturated rings. The number of aromatic amines is 1. The molecule has 1 aromatic heterocycles. The highest BCUT2D eigenvalue weighted by atomic mass is 16.5. The molecule has 0 spiro atoms. The molecule has 1 aliphatic rings. The number of likely N-dealkylation sites (tertiary alicyclic amines) is 1. The van der Waals surface area contributed by atoms with E-state index < -0.39 is 6.10 Å². The Hall–Kier alpha value is -3.59. The highest BCUT2D eigenvalue weighted by Gasteiger charge is 2.27. The zero-order valence-corrected chi connectivity index (χ0v) is 17.7. The van der Waals surface area contributed by atoms with Crippen molar-refractivity contribution in [2.45, 2.75) is 32.8 Å². The molecule has 6 heteroatoms. The Morgan fingerprint density at radius 3 is 2.81 bits per heavy atom. The molecule has 4 rings (SSSR count). The molecule has 2 heterocycles. The third-order valence-corrected chi connectivity index (χ3v) is 5.88. The van der Waals surface area contributed by atoms with E-state index in [-0.39, 0.29) is 17.4 Å². The largest absolute Gasteiger partial charge is 0.481 e. The third-order valence-electron chi connectivity index (χ3n) is 5.88. The topological polar surface area (TPSA) is 86.2 Å². The first-order valence-corrected chi connectivity index (χ1v) is 10.5. The highest BCUT2D eigenvalue weighted by molar-refractivity contribution is 5.97. The van der Waals surface area contributed by atoms with E-state index in [0.717, 1.165) is 34.9 Å². The second kappa shape index (κ2) is 8.65. The van der Waals surface area contributed by atoms with Gasteiger partial charge in [0.25, 0.3) is 11.5 Å². The fourth-order valence-corrected chi connectivity index (χ4v) is 4.20. The molecule has 2 atom stereocenters. The van der Waals surface area contributed by atoms with Crippen molar-refractivity contribution < 1.29 is 9.53 Å². The van der Waals surface area contributed by atoms with Gasteiger partial charge in [-0.15, -0.1) is 0 Å². The van der Waals surface area contributed by atoms with Crippen molar-refractivity contribution in [1.29, 1.82) is 5.26 Å². The molecule has 1 aliphatic heterocycles. The van der Waals surface area contributed by atoms with Gasteiger partial charge in [-0.2, -0.15) is 5.26 Å². The summed E-state index contributed by atoms with van der Waals surface area (Å²) >= 11 is 0. The van der Waals surface area contributed by atoms with Crippen LogP contribution in [0.2, 0.25) is 0 Å². The fourth-order valence-electron chi connectivity index (χ4n) is 4.20. The van der Waals surface area contributed by atoms with Gasteiger partial charge >= 0.3 is 0 Å². The van der Waals surface area contributed by atoms with Gasteiger partial charge < -0.3 is 14.6 Å². The van der Waals surface area contributed by atoms with E-state index in [1.807, 2.05) is 37.3 Å². The minimum absolute atomic E-state index is 0.121. The van der Waals surface area contributed by atoms with Gasteiger partial charge in [-0.1, -0.05) is 24.3 Å². The van der Waals surface area contributed by atoms with E-state index >= 15 is 0 Å². The van der Waals surface area contributed by atoms with Crippen molar-refractivity contribution in [1.82, 2.24) is 9.88 Å². The van der Waals surface area contributed by atoms with E-state index in [1.54, 1.807) is 30.2 Å². The second-order valence-electron chi connectivity index (χ2n) is 8.07. The number of benzene rings is 2. The number of ether oxygens (including phenoxy) is 1. The summed E-state index contributed by atoms with van der Waals surface area (Å²) < 4.78 is 5.90. The number of aromatic nitrogens is 1. The van der Waals surface area contributed by atoms with Crippen molar-refractivity contribution in [3.05, 3.63) is 64.6 Å². The SMILES string of the molecule is Cc1ccccc1-c1c[nH]c(=O)c2cc(O[C@H](C)C(=O)N3CCC[C@H](C#N)C3)ccc12. The number of hydrogen-bond donors (Lipinski definition) is 1. The first-order chi connectivity index (χ1) is 15.0. The molecule has 158 valence electrons. The second-order valence-corrected chi connectivity index (χ2v) is 8.07. The maximum Gasteiger partial charge on any atom is 0.263 e. The lowest BCUT2D eigenvalue weighted by atomic mass is 9.97. The van der Waals surface area contributed by atoms with Gasteiger partial charge in [0.1, 0.15) is 5.75 Å². The average Bonchev–Trinajstić information content (AvgIpc) is 2.80. The minimum atomic E-state index is -0.700. The number of aryl methyl sites for hydroxylation is 1. The number of hydrogen-bond acceptors (Lipinski definition) is 4. The van der Waals surface area contributed by atoms with Crippen LogP contribution in [-0.4, -0.2) is 35.0 Å². The zero-order chi connectivity index (χ0) is 22.0. The molecular weight excluding hydrogens is 390 g/mol. The summed E-state index contributed by atoms with van der Waals surface area (Å²) in [4.78, 5) is 29.8. The fraction of sp³-hybridized carbons (Fsp3) is 0.320. The number of fused-ring (bicyclic) bond motifs is 1. The van der Waals surface area contributed by atoms with Crippen molar-refractivity contribution in [3.63, 3.8) is 0 Å². The number of nitrogens with zero attached hydrogens (tertiary/aromatic N) is 2. The van der Waals surface area contributed by atoms with Crippen molar-refractivity contribution in [2.24, 2.45) is 5.92 Å². The van der Waals surface area contributed by atoms with E-state index in [4.69, 9.17) is 10.00 Å². The van der Waals surface area contributed by atoms with Crippen LogP contribution in [0.25, 0.3) is 21.9 Å².